The van der Waals surface area contributed by atoms with E-state index >= 15 is 0 Å². The Morgan fingerprint density at radius 1 is 1.60 bits per heavy atom. The van der Waals surface area contributed by atoms with Gasteiger partial charge in [-0.05, 0) is 31.4 Å². The Labute approximate surface area is 118 Å². The number of rotatable bonds is 8. The van der Waals surface area contributed by atoms with E-state index in [9.17, 15) is 15.2 Å². The average molecular weight is 279 g/mol. The number of nitrogens with two attached hydrogens (primary N) is 1. The maximum atomic E-state index is 10.9. The highest BCUT2D eigenvalue weighted by Gasteiger charge is 2.14. The number of anilines is 1. The summed E-state index contributed by atoms with van der Waals surface area (Å²) in [6.07, 6.45) is 2.00. The quantitative estimate of drug-likeness (QED) is 0.292. The maximum Gasteiger partial charge on any atom is 0.292 e. The molecule has 1 aromatic rings. The van der Waals surface area contributed by atoms with Crippen molar-refractivity contribution in [2.75, 3.05) is 11.9 Å². The van der Waals surface area contributed by atoms with Crippen molar-refractivity contribution in [1.82, 2.24) is 0 Å². The lowest BCUT2D eigenvalue weighted by molar-refractivity contribution is -0.384. The standard InChI is InChI=1S/C14H21N3O3/c1-3-14(18)11(15)5-4-8-16-12-9-10(2)6-7-13(12)17(19)20/h3,6-7,9,11,14,16,18H,1,4-5,8,15H2,2H3. The molecule has 20 heavy (non-hydrogen) atoms. The lowest BCUT2D eigenvalue weighted by Gasteiger charge is -2.15. The van der Waals surface area contributed by atoms with Crippen LogP contribution in [0.15, 0.2) is 30.9 Å². The number of nitro groups is 1. The molecule has 1 rings (SSSR count). The van der Waals surface area contributed by atoms with Crippen molar-refractivity contribution in [3.05, 3.63) is 46.5 Å². The van der Waals surface area contributed by atoms with E-state index in [0.29, 0.717) is 25.1 Å². The van der Waals surface area contributed by atoms with Crippen LogP contribution >= 0.6 is 0 Å². The van der Waals surface area contributed by atoms with Gasteiger partial charge in [0.15, 0.2) is 0 Å². The number of aryl methyl sites for hydroxylation is 1. The molecule has 0 heterocycles. The minimum Gasteiger partial charge on any atom is -0.387 e. The molecular weight excluding hydrogens is 258 g/mol. The monoisotopic (exact) mass is 279 g/mol. The minimum absolute atomic E-state index is 0.0611. The zero-order chi connectivity index (χ0) is 15.1. The third-order valence-corrected chi connectivity index (χ3v) is 3.06. The van der Waals surface area contributed by atoms with Crippen LogP contribution in [0, 0.1) is 17.0 Å². The molecule has 0 aliphatic rings. The number of aliphatic hydroxyl groups excluding tert-OH is 1. The molecule has 0 saturated carbocycles. The van der Waals surface area contributed by atoms with E-state index in [4.69, 9.17) is 5.73 Å². The Kier molecular flexibility index (Phi) is 6.14. The van der Waals surface area contributed by atoms with E-state index in [-0.39, 0.29) is 11.7 Å². The molecule has 6 heteroatoms. The molecule has 0 saturated heterocycles. The highest BCUT2D eigenvalue weighted by Crippen LogP contribution is 2.25. The molecule has 6 nitrogen and oxygen atoms in total. The summed E-state index contributed by atoms with van der Waals surface area (Å²) in [6, 6.07) is 4.59. The number of aliphatic hydroxyl groups is 1. The summed E-state index contributed by atoms with van der Waals surface area (Å²) in [5, 5.41) is 23.4. The van der Waals surface area contributed by atoms with Crippen LogP contribution in [-0.2, 0) is 0 Å². The summed E-state index contributed by atoms with van der Waals surface area (Å²) in [5.74, 6) is 0. The topological polar surface area (TPSA) is 101 Å². The van der Waals surface area contributed by atoms with Gasteiger partial charge in [-0.15, -0.1) is 6.58 Å². The summed E-state index contributed by atoms with van der Waals surface area (Å²) < 4.78 is 0. The van der Waals surface area contributed by atoms with Gasteiger partial charge in [-0.25, -0.2) is 0 Å². The summed E-state index contributed by atoms with van der Waals surface area (Å²) in [6.45, 7) is 5.92. The molecule has 0 radical (unpaired) electrons. The fourth-order valence-electron chi connectivity index (χ4n) is 1.86. The van der Waals surface area contributed by atoms with Gasteiger partial charge in [0, 0.05) is 18.7 Å². The van der Waals surface area contributed by atoms with E-state index < -0.39 is 11.0 Å². The Balaban J connectivity index is 2.52. The van der Waals surface area contributed by atoms with Gasteiger partial charge in [-0.1, -0.05) is 12.1 Å². The predicted octanol–water partition coefficient (Wildman–Crippen LogP) is 1.97. The Morgan fingerprint density at radius 3 is 2.90 bits per heavy atom. The van der Waals surface area contributed by atoms with Gasteiger partial charge in [-0.2, -0.15) is 0 Å². The first kappa shape index (κ1) is 16.1. The minimum atomic E-state index is -0.719. The Hall–Kier alpha value is -1.92. The van der Waals surface area contributed by atoms with E-state index in [1.165, 1.54) is 12.1 Å². The van der Waals surface area contributed by atoms with Crippen molar-refractivity contribution in [1.29, 1.82) is 0 Å². The largest absolute Gasteiger partial charge is 0.387 e. The van der Waals surface area contributed by atoms with Crippen LogP contribution in [0.5, 0.6) is 0 Å². The summed E-state index contributed by atoms with van der Waals surface area (Å²) >= 11 is 0. The van der Waals surface area contributed by atoms with Crippen LogP contribution < -0.4 is 11.1 Å². The molecule has 2 atom stereocenters. The number of nitrogens with zero attached hydrogens (tertiary/aromatic N) is 1. The van der Waals surface area contributed by atoms with Crippen molar-refractivity contribution in [3.63, 3.8) is 0 Å². The van der Waals surface area contributed by atoms with E-state index in [1.54, 1.807) is 12.1 Å². The predicted molar refractivity (Wildman–Crippen MR) is 79.7 cm³/mol. The van der Waals surface area contributed by atoms with Gasteiger partial charge >= 0.3 is 0 Å². The molecule has 0 bridgehead atoms. The number of hydrogen-bond acceptors (Lipinski definition) is 5. The third-order valence-electron chi connectivity index (χ3n) is 3.06. The fraction of sp³-hybridized carbons (Fsp3) is 0.429. The summed E-state index contributed by atoms with van der Waals surface area (Å²) in [7, 11) is 0. The van der Waals surface area contributed by atoms with Crippen molar-refractivity contribution in [3.8, 4) is 0 Å². The summed E-state index contributed by atoms with van der Waals surface area (Å²) in [5.41, 5.74) is 7.28. The molecular formula is C14H21N3O3. The van der Waals surface area contributed by atoms with Gasteiger partial charge in [-0.3, -0.25) is 10.1 Å². The highest BCUT2D eigenvalue weighted by atomic mass is 16.6. The Bertz CT molecular complexity index is 477. The Morgan fingerprint density at radius 2 is 2.30 bits per heavy atom. The number of nitro benzene ring substituents is 1. The van der Waals surface area contributed by atoms with Gasteiger partial charge in [0.05, 0.1) is 11.0 Å². The molecule has 0 aromatic heterocycles. The molecule has 0 amide bonds. The average Bonchev–Trinajstić information content (AvgIpc) is 2.42. The second-order valence-corrected chi connectivity index (χ2v) is 4.74. The molecule has 4 N–H and O–H groups in total. The molecule has 0 aliphatic carbocycles. The van der Waals surface area contributed by atoms with Crippen molar-refractivity contribution >= 4 is 11.4 Å². The lowest BCUT2D eigenvalue weighted by atomic mass is 10.1. The highest BCUT2D eigenvalue weighted by molar-refractivity contribution is 5.62. The first-order valence-electron chi connectivity index (χ1n) is 6.51. The van der Waals surface area contributed by atoms with Crippen molar-refractivity contribution < 1.29 is 10.0 Å². The fourth-order valence-corrected chi connectivity index (χ4v) is 1.86. The van der Waals surface area contributed by atoms with Crippen LogP contribution in [0.25, 0.3) is 0 Å². The van der Waals surface area contributed by atoms with Crippen molar-refractivity contribution in [2.45, 2.75) is 31.9 Å². The normalized spacial score (nSPS) is 13.6. The molecule has 1 aromatic carbocycles. The van der Waals surface area contributed by atoms with Crippen LogP contribution in [0.3, 0.4) is 0 Å². The zero-order valence-electron chi connectivity index (χ0n) is 11.6. The molecule has 0 fully saturated rings. The van der Waals surface area contributed by atoms with Crippen LogP contribution in [0.1, 0.15) is 18.4 Å². The SMILES string of the molecule is C=CC(O)C(N)CCCNc1cc(C)ccc1[N+](=O)[O-]. The number of benzene rings is 1. The van der Waals surface area contributed by atoms with Crippen LogP contribution in [0.4, 0.5) is 11.4 Å². The van der Waals surface area contributed by atoms with Crippen LogP contribution in [-0.4, -0.2) is 28.7 Å². The van der Waals surface area contributed by atoms with Crippen LogP contribution in [0.2, 0.25) is 0 Å². The third kappa shape index (κ3) is 4.64. The van der Waals surface area contributed by atoms with E-state index in [1.807, 2.05) is 6.92 Å². The number of nitrogens with one attached hydrogen (secondary N) is 1. The summed E-state index contributed by atoms with van der Waals surface area (Å²) in [4.78, 5) is 10.5. The molecule has 2 unspecified atom stereocenters. The first-order chi connectivity index (χ1) is 9.45. The van der Waals surface area contributed by atoms with Gasteiger partial charge in [0.2, 0.25) is 0 Å². The second kappa shape index (κ2) is 7.62. The molecule has 110 valence electrons. The van der Waals surface area contributed by atoms with Crippen molar-refractivity contribution in [2.24, 2.45) is 5.73 Å². The smallest absolute Gasteiger partial charge is 0.292 e. The first-order valence-corrected chi connectivity index (χ1v) is 6.51. The molecule has 0 aliphatic heterocycles. The van der Waals surface area contributed by atoms with Gasteiger partial charge in [0.1, 0.15) is 5.69 Å². The lowest BCUT2D eigenvalue weighted by Crippen LogP contribution is -2.33. The maximum absolute atomic E-state index is 10.9. The van der Waals surface area contributed by atoms with E-state index in [2.05, 4.69) is 11.9 Å². The second-order valence-electron chi connectivity index (χ2n) is 4.74. The van der Waals surface area contributed by atoms with Gasteiger partial charge in [0.25, 0.3) is 5.69 Å². The van der Waals surface area contributed by atoms with E-state index in [0.717, 1.165) is 5.56 Å². The molecule has 0 spiro atoms. The number of hydrogen-bond donors (Lipinski definition) is 3. The van der Waals surface area contributed by atoms with Gasteiger partial charge < -0.3 is 16.2 Å². The zero-order valence-corrected chi connectivity index (χ0v) is 11.6.